The zero-order valence-electron chi connectivity index (χ0n) is 16.0. The summed E-state index contributed by atoms with van der Waals surface area (Å²) < 4.78 is 25.5. The highest BCUT2D eigenvalue weighted by molar-refractivity contribution is 7.88. The summed E-state index contributed by atoms with van der Waals surface area (Å²) in [6.07, 6.45) is 0. The average molecular weight is 443 g/mol. The number of sulfonamides is 1. The normalized spacial score (nSPS) is 13.2. The molecule has 152 valence electrons. The summed E-state index contributed by atoms with van der Waals surface area (Å²) in [6, 6.07) is 12.7. The molecule has 2 rings (SSSR count). The summed E-state index contributed by atoms with van der Waals surface area (Å²) in [5, 5.41) is 7.71. The predicted octanol–water partition coefficient (Wildman–Crippen LogP) is 3.47. The molecule has 0 aromatic heterocycles. The first-order valence-corrected chi connectivity index (χ1v) is 11.1. The van der Waals surface area contributed by atoms with Crippen molar-refractivity contribution in [2.45, 2.75) is 25.3 Å². The fourth-order valence-corrected chi connectivity index (χ4v) is 3.91. The van der Waals surface area contributed by atoms with Crippen molar-refractivity contribution in [1.29, 1.82) is 0 Å². The fraction of sp³-hybridized carbons (Fsp3) is 0.316. The molecule has 0 aliphatic carbocycles. The Kier molecular flexibility index (Phi) is 8.12. The van der Waals surface area contributed by atoms with Gasteiger partial charge in [-0.15, -0.1) is 0 Å². The Morgan fingerprint density at radius 1 is 1.11 bits per heavy atom. The molecule has 9 heteroatoms. The zero-order valence-corrected chi connectivity index (χ0v) is 18.3. The second-order valence-electron chi connectivity index (χ2n) is 6.24. The average Bonchev–Trinajstić information content (AvgIpc) is 2.65. The highest BCUT2D eigenvalue weighted by Gasteiger charge is 2.12. The van der Waals surface area contributed by atoms with Crippen molar-refractivity contribution >= 4 is 39.2 Å². The maximum atomic E-state index is 11.6. The molecule has 0 bridgehead atoms. The van der Waals surface area contributed by atoms with Crippen LogP contribution in [0, 0.1) is 0 Å². The van der Waals surface area contributed by atoms with Gasteiger partial charge in [0.1, 0.15) is 0 Å². The van der Waals surface area contributed by atoms with Gasteiger partial charge in [-0.2, -0.15) is 0 Å². The van der Waals surface area contributed by atoms with Crippen molar-refractivity contribution in [3.8, 4) is 0 Å². The van der Waals surface area contributed by atoms with E-state index in [1.807, 2.05) is 25.1 Å². The van der Waals surface area contributed by atoms with Gasteiger partial charge in [-0.3, -0.25) is 4.99 Å². The van der Waals surface area contributed by atoms with Crippen LogP contribution in [-0.2, 0) is 22.3 Å². The van der Waals surface area contributed by atoms with Crippen LogP contribution >= 0.6 is 23.2 Å². The number of benzene rings is 2. The first kappa shape index (κ1) is 22.5. The minimum absolute atomic E-state index is 0.0419. The summed E-state index contributed by atoms with van der Waals surface area (Å²) in [5.74, 6) is 0.583. The Bertz CT molecular complexity index is 931. The number of guanidine groups is 1. The summed E-state index contributed by atoms with van der Waals surface area (Å²) >= 11 is 12.2. The van der Waals surface area contributed by atoms with Gasteiger partial charge in [-0.25, -0.2) is 13.1 Å². The smallest absolute Gasteiger partial charge is 0.215 e. The second-order valence-corrected chi connectivity index (χ2v) is 9.01. The van der Waals surface area contributed by atoms with Gasteiger partial charge in [0.05, 0.1) is 11.8 Å². The first-order chi connectivity index (χ1) is 13.2. The molecule has 0 radical (unpaired) electrons. The van der Waals surface area contributed by atoms with Crippen molar-refractivity contribution in [1.82, 2.24) is 15.4 Å². The molecule has 0 saturated carbocycles. The van der Waals surface area contributed by atoms with E-state index in [4.69, 9.17) is 23.2 Å². The van der Waals surface area contributed by atoms with Crippen molar-refractivity contribution < 1.29 is 8.42 Å². The van der Waals surface area contributed by atoms with Gasteiger partial charge < -0.3 is 10.6 Å². The van der Waals surface area contributed by atoms with Crippen molar-refractivity contribution in [3.05, 3.63) is 69.2 Å². The molecule has 0 aliphatic heterocycles. The SMILES string of the molecule is CN=C(NCc1ccc(CS(=O)(=O)NC)cc1)NC(C)c1ccc(Cl)cc1Cl. The number of rotatable bonds is 7. The maximum absolute atomic E-state index is 11.6. The molecule has 0 aliphatic rings. The van der Waals surface area contributed by atoms with Gasteiger partial charge in [0.25, 0.3) is 0 Å². The van der Waals surface area contributed by atoms with Crippen molar-refractivity contribution in [2.75, 3.05) is 14.1 Å². The lowest BCUT2D eigenvalue weighted by Gasteiger charge is -2.19. The minimum Gasteiger partial charge on any atom is -0.352 e. The molecule has 0 saturated heterocycles. The van der Waals surface area contributed by atoms with Gasteiger partial charge in [-0.05, 0) is 42.8 Å². The lowest BCUT2D eigenvalue weighted by molar-refractivity contribution is 0.587. The summed E-state index contributed by atoms with van der Waals surface area (Å²) in [7, 11) is -0.176. The van der Waals surface area contributed by atoms with E-state index < -0.39 is 10.0 Å². The molecular formula is C19H24Cl2N4O2S. The highest BCUT2D eigenvalue weighted by atomic mass is 35.5. The van der Waals surface area contributed by atoms with Crippen LogP contribution in [0.2, 0.25) is 10.0 Å². The van der Waals surface area contributed by atoms with Gasteiger partial charge >= 0.3 is 0 Å². The molecule has 2 aromatic rings. The Morgan fingerprint density at radius 2 is 1.75 bits per heavy atom. The monoisotopic (exact) mass is 442 g/mol. The second kappa shape index (κ2) is 10.1. The van der Waals surface area contributed by atoms with Crippen LogP contribution < -0.4 is 15.4 Å². The molecule has 0 fully saturated rings. The fourth-order valence-electron chi connectivity index (χ4n) is 2.56. The van der Waals surface area contributed by atoms with E-state index >= 15 is 0 Å². The molecule has 28 heavy (non-hydrogen) atoms. The largest absolute Gasteiger partial charge is 0.352 e. The number of nitrogens with zero attached hydrogens (tertiary/aromatic N) is 1. The number of nitrogens with one attached hydrogen (secondary N) is 3. The molecule has 1 atom stereocenters. The zero-order chi connectivity index (χ0) is 20.7. The Hall–Kier alpha value is -1.80. The van der Waals surface area contributed by atoms with Crippen LogP contribution in [0.3, 0.4) is 0 Å². The van der Waals surface area contributed by atoms with Gasteiger partial charge in [-0.1, -0.05) is 53.5 Å². The Labute approximate surface area is 176 Å². The van der Waals surface area contributed by atoms with E-state index in [0.717, 1.165) is 16.7 Å². The third kappa shape index (κ3) is 6.67. The van der Waals surface area contributed by atoms with E-state index in [1.54, 1.807) is 31.3 Å². The molecule has 0 heterocycles. The van der Waals surface area contributed by atoms with Gasteiger partial charge in [0.2, 0.25) is 10.0 Å². The van der Waals surface area contributed by atoms with Crippen LogP contribution in [0.15, 0.2) is 47.5 Å². The molecule has 0 amide bonds. The Balaban J connectivity index is 1.95. The summed E-state index contributed by atoms with van der Waals surface area (Å²) in [4.78, 5) is 4.23. The van der Waals surface area contributed by atoms with Gasteiger partial charge in [0.15, 0.2) is 5.96 Å². The number of aliphatic imine (C=N–C) groups is 1. The number of hydrogen-bond donors (Lipinski definition) is 3. The van der Waals surface area contributed by atoms with E-state index in [0.29, 0.717) is 22.5 Å². The first-order valence-electron chi connectivity index (χ1n) is 8.65. The van der Waals surface area contributed by atoms with Crippen LogP contribution in [0.4, 0.5) is 0 Å². The van der Waals surface area contributed by atoms with Crippen molar-refractivity contribution in [2.24, 2.45) is 4.99 Å². The number of halogens is 2. The lowest BCUT2D eigenvalue weighted by atomic mass is 10.1. The van der Waals surface area contributed by atoms with E-state index in [2.05, 4.69) is 20.3 Å². The minimum atomic E-state index is -3.27. The van der Waals surface area contributed by atoms with Gasteiger partial charge in [0, 0.05) is 23.6 Å². The topological polar surface area (TPSA) is 82.6 Å². The maximum Gasteiger partial charge on any atom is 0.215 e. The van der Waals surface area contributed by atoms with Crippen molar-refractivity contribution in [3.63, 3.8) is 0 Å². The molecule has 1 unspecified atom stereocenters. The molecule has 6 nitrogen and oxygen atoms in total. The van der Waals surface area contributed by atoms with E-state index in [9.17, 15) is 8.42 Å². The quantitative estimate of drug-likeness (QED) is 0.452. The van der Waals surface area contributed by atoms with E-state index in [1.165, 1.54) is 7.05 Å². The molecule has 3 N–H and O–H groups in total. The third-order valence-corrected chi connectivity index (χ3v) is 6.05. The number of hydrogen-bond acceptors (Lipinski definition) is 3. The molecule has 2 aromatic carbocycles. The highest BCUT2D eigenvalue weighted by Crippen LogP contribution is 2.26. The third-order valence-electron chi connectivity index (χ3n) is 4.16. The lowest BCUT2D eigenvalue weighted by Crippen LogP contribution is -2.38. The molecular weight excluding hydrogens is 419 g/mol. The van der Waals surface area contributed by atoms with Crippen LogP contribution in [0.25, 0.3) is 0 Å². The summed E-state index contributed by atoms with van der Waals surface area (Å²) in [5.41, 5.74) is 2.65. The van der Waals surface area contributed by atoms with E-state index in [-0.39, 0.29) is 11.8 Å². The standard InChI is InChI=1S/C19H24Cl2N4O2S/c1-13(17-9-8-16(20)10-18(17)21)25-19(22-2)24-11-14-4-6-15(7-5-14)12-28(26,27)23-3/h4-10,13,23H,11-12H2,1-3H3,(H2,22,24,25). The van der Waals surface area contributed by atoms with Crippen LogP contribution in [0.5, 0.6) is 0 Å². The van der Waals surface area contributed by atoms with Crippen LogP contribution in [-0.4, -0.2) is 28.5 Å². The molecule has 0 spiro atoms. The van der Waals surface area contributed by atoms with Crippen LogP contribution in [0.1, 0.15) is 29.7 Å². The summed E-state index contributed by atoms with van der Waals surface area (Å²) in [6.45, 7) is 2.53. The Morgan fingerprint density at radius 3 is 2.32 bits per heavy atom. The predicted molar refractivity (Wildman–Crippen MR) is 116 cm³/mol.